The molecule has 31 heavy (non-hydrogen) atoms. The van der Waals surface area contributed by atoms with Crippen molar-refractivity contribution in [1.82, 2.24) is 5.32 Å². The van der Waals surface area contributed by atoms with E-state index in [2.05, 4.69) is 41.4 Å². The molecular weight excluding hydrogens is 388 g/mol. The number of ether oxygens (including phenoxy) is 1. The summed E-state index contributed by atoms with van der Waals surface area (Å²) in [5, 5.41) is 2.66. The number of fused-ring (bicyclic) bond motifs is 3. The Balaban J connectivity index is 1.31. The molecule has 0 saturated carbocycles. The average molecular weight is 410 g/mol. The van der Waals surface area contributed by atoms with E-state index in [1.54, 1.807) is 24.3 Å². The van der Waals surface area contributed by atoms with Crippen molar-refractivity contribution in [2.75, 3.05) is 19.7 Å². The lowest BCUT2D eigenvalue weighted by atomic mass is 9.98. The molecule has 0 saturated heterocycles. The fourth-order valence-corrected chi connectivity index (χ4v) is 3.77. The number of amides is 1. The van der Waals surface area contributed by atoms with Gasteiger partial charge in [0, 0.05) is 17.0 Å². The van der Waals surface area contributed by atoms with Crippen LogP contribution in [0.1, 0.15) is 33.0 Å². The van der Waals surface area contributed by atoms with Crippen LogP contribution in [-0.4, -0.2) is 31.6 Å². The number of carbonyl (C=O) groups is 2. The van der Waals surface area contributed by atoms with Gasteiger partial charge in [0.2, 0.25) is 0 Å². The zero-order valence-electron chi connectivity index (χ0n) is 16.9. The highest BCUT2D eigenvalue weighted by Gasteiger charge is 2.28. The summed E-state index contributed by atoms with van der Waals surface area (Å²) < 4.78 is 5.48. The number of nitrogens with two attached hydrogens (primary N) is 1. The van der Waals surface area contributed by atoms with Crippen LogP contribution < -0.4 is 11.1 Å². The lowest BCUT2D eigenvalue weighted by molar-refractivity contribution is 0.100. The molecule has 5 nitrogen and oxygen atoms in total. The highest BCUT2D eigenvalue weighted by atomic mass is 16.5. The molecular formula is C26H22N2O3. The summed E-state index contributed by atoms with van der Waals surface area (Å²) in [4.78, 5) is 23.7. The van der Waals surface area contributed by atoms with Crippen molar-refractivity contribution in [2.45, 2.75) is 5.92 Å². The number of alkyl carbamates (subject to hydrolysis) is 1. The molecule has 3 N–H and O–H groups in total. The van der Waals surface area contributed by atoms with Crippen molar-refractivity contribution >= 4 is 11.9 Å². The van der Waals surface area contributed by atoms with E-state index in [0.29, 0.717) is 5.56 Å². The number of nitrogens with one attached hydrogen (secondary N) is 1. The summed E-state index contributed by atoms with van der Waals surface area (Å²) in [6, 6.07) is 23.3. The number of benzene rings is 3. The van der Waals surface area contributed by atoms with Crippen molar-refractivity contribution in [3.05, 3.63) is 95.1 Å². The fourth-order valence-electron chi connectivity index (χ4n) is 3.77. The Morgan fingerprint density at radius 2 is 1.52 bits per heavy atom. The zero-order chi connectivity index (χ0) is 21.6. The molecule has 5 heteroatoms. The molecule has 0 bridgehead atoms. The molecule has 0 radical (unpaired) electrons. The predicted octanol–water partition coefficient (Wildman–Crippen LogP) is 3.72. The van der Waals surface area contributed by atoms with Crippen LogP contribution in [0.25, 0.3) is 11.1 Å². The molecule has 1 amide bonds. The lowest BCUT2D eigenvalue weighted by Crippen LogP contribution is -2.26. The largest absolute Gasteiger partial charge is 0.449 e. The van der Waals surface area contributed by atoms with E-state index in [4.69, 9.17) is 10.5 Å². The zero-order valence-corrected chi connectivity index (χ0v) is 16.9. The molecule has 0 aliphatic heterocycles. The molecule has 0 heterocycles. The van der Waals surface area contributed by atoms with E-state index < -0.39 is 6.09 Å². The number of hydrogen-bond donors (Lipinski definition) is 2. The van der Waals surface area contributed by atoms with Crippen molar-refractivity contribution in [3.63, 3.8) is 0 Å². The van der Waals surface area contributed by atoms with Gasteiger partial charge in [-0.1, -0.05) is 72.5 Å². The van der Waals surface area contributed by atoms with Crippen molar-refractivity contribution < 1.29 is 14.3 Å². The van der Waals surface area contributed by atoms with Crippen LogP contribution in [-0.2, 0) is 4.74 Å². The second-order valence-electron chi connectivity index (χ2n) is 7.19. The number of ketones is 1. The van der Waals surface area contributed by atoms with Crippen molar-refractivity contribution in [3.8, 4) is 23.0 Å². The minimum absolute atomic E-state index is 0.0188. The van der Waals surface area contributed by atoms with Crippen LogP contribution in [0.4, 0.5) is 4.79 Å². The van der Waals surface area contributed by atoms with E-state index in [1.807, 2.05) is 24.3 Å². The third kappa shape index (κ3) is 4.50. The predicted molar refractivity (Wildman–Crippen MR) is 120 cm³/mol. The topological polar surface area (TPSA) is 81.4 Å². The highest BCUT2D eigenvalue weighted by molar-refractivity contribution is 5.97. The Hall–Kier alpha value is -3.88. The molecule has 3 aromatic carbocycles. The minimum atomic E-state index is -0.500. The first kappa shape index (κ1) is 20.4. The summed E-state index contributed by atoms with van der Waals surface area (Å²) in [6.45, 7) is 0.416. The quantitative estimate of drug-likeness (QED) is 0.496. The van der Waals surface area contributed by atoms with E-state index in [9.17, 15) is 9.59 Å². The summed E-state index contributed by atoms with van der Waals surface area (Å²) in [6.07, 6.45) is -0.500. The van der Waals surface area contributed by atoms with Gasteiger partial charge < -0.3 is 15.8 Å². The van der Waals surface area contributed by atoms with Gasteiger partial charge in [-0.15, -0.1) is 0 Å². The smallest absolute Gasteiger partial charge is 0.407 e. The van der Waals surface area contributed by atoms with Crippen LogP contribution >= 0.6 is 0 Å². The molecule has 1 aliphatic carbocycles. The van der Waals surface area contributed by atoms with Crippen LogP contribution in [0.15, 0.2) is 72.8 Å². The van der Waals surface area contributed by atoms with Crippen LogP contribution in [0.2, 0.25) is 0 Å². The maximum Gasteiger partial charge on any atom is 0.407 e. The van der Waals surface area contributed by atoms with Gasteiger partial charge in [-0.25, -0.2) is 4.79 Å². The summed E-state index contributed by atoms with van der Waals surface area (Å²) >= 11 is 0. The molecule has 0 atom stereocenters. The standard InChI is InChI=1S/C26H22N2O3/c27-16-25(29)19-13-11-18(12-14-19)6-5-15-28-26(30)31-17-24-22-9-3-1-7-20(22)21-8-2-4-10-23(21)24/h1-4,7-14,24H,15-17,27H2,(H,28,30). The van der Waals surface area contributed by atoms with Gasteiger partial charge in [0.1, 0.15) is 6.61 Å². The second-order valence-corrected chi connectivity index (χ2v) is 7.19. The Labute approximate surface area is 181 Å². The Morgan fingerprint density at radius 3 is 2.13 bits per heavy atom. The SMILES string of the molecule is NCC(=O)c1ccc(C#CCNC(=O)OCC2c3ccccc3-c3ccccc32)cc1. The van der Waals surface area contributed by atoms with Crippen LogP contribution in [0.5, 0.6) is 0 Å². The Kier molecular flexibility index (Phi) is 6.11. The van der Waals surface area contributed by atoms with Gasteiger partial charge >= 0.3 is 6.09 Å². The minimum Gasteiger partial charge on any atom is -0.449 e. The maximum atomic E-state index is 12.1. The van der Waals surface area contributed by atoms with Crippen LogP contribution in [0.3, 0.4) is 0 Å². The highest BCUT2D eigenvalue weighted by Crippen LogP contribution is 2.44. The molecule has 154 valence electrons. The third-order valence-electron chi connectivity index (χ3n) is 5.29. The van der Waals surface area contributed by atoms with Gasteiger partial charge in [-0.05, 0) is 34.4 Å². The molecule has 0 unspecified atom stereocenters. The van der Waals surface area contributed by atoms with Gasteiger partial charge in [0.25, 0.3) is 0 Å². The molecule has 0 spiro atoms. The number of Topliss-reactive ketones (excluding diaryl/α,β-unsaturated/α-hetero) is 1. The first-order chi connectivity index (χ1) is 15.2. The molecule has 0 aromatic heterocycles. The maximum absolute atomic E-state index is 12.1. The van der Waals surface area contributed by atoms with Crippen molar-refractivity contribution in [1.29, 1.82) is 0 Å². The van der Waals surface area contributed by atoms with E-state index in [-0.39, 0.29) is 31.4 Å². The van der Waals surface area contributed by atoms with Gasteiger partial charge in [0.05, 0.1) is 13.1 Å². The molecule has 1 aliphatic rings. The van der Waals surface area contributed by atoms with Crippen molar-refractivity contribution in [2.24, 2.45) is 5.73 Å². The van der Waals surface area contributed by atoms with Gasteiger partial charge in [-0.2, -0.15) is 0 Å². The van der Waals surface area contributed by atoms with Gasteiger partial charge in [0.15, 0.2) is 5.78 Å². The second kappa shape index (κ2) is 9.29. The van der Waals surface area contributed by atoms with E-state index >= 15 is 0 Å². The number of hydrogen-bond acceptors (Lipinski definition) is 4. The fraction of sp³-hybridized carbons (Fsp3) is 0.154. The summed E-state index contributed by atoms with van der Waals surface area (Å²) in [7, 11) is 0. The normalized spacial score (nSPS) is 11.6. The Bertz CT molecular complexity index is 1130. The molecule has 0 fully saturated rings. The number of carbonyl (C=O) groups excluding carboxylic acids is 2. The third-order valence-corrected chi connectivity index (χ3v) is 5.29. The molecule has 3 aromatic rings. The first-order valence-corrected chi connectivity index (χ1v) is 10.1. The summed E-state index contributed by atoms with van der Waals surface area (Å²) in [5.41, 5.74) is 11.4. The monoisotopic (exact) mass is 410 g/mol. The number of rotatable bonds is 5. The average Bonchev–Trinajstić information content (AvgIpc) is 3.14. The summed E-state index contributed by atoms with van der Waals surface area (Å²) in [5.74, 6) is 5.74. The van der Waals surface area contributed by atoms with E-state index in [0.717, 1.165) is 5.56 Å². The first-order valence-electron chi connectivity index (χ1n) is 10.1. The van der Waals surface area contributed by atoms with Crippen LogP contribution in [0, 0.1) is 11.8 Å². The molecule has 4 rings (SSSR count). The lowest BCUT2D eigenvalue weighted by Gasteiger charge is -2.14. The Morgan fingerprint density at radius 1 is 0.903 bits per heavy atom. The van der Waals surface area contributed by atoms with E-state index in [1.165, 1.54) is 22.3 Å². The van der Waals surface area contributed by atoms with Gasteiger partial charge in [-0.3, -0.25) is 4.79 Å².